The van der Waals surface area contributed by atoms with E-state index in [-0.39, 0.29) is 31.2 Å². The third-order valence-corrected chi connectivity index (χ3v) is 20.0. The maximum Gasteiger partial charge on any atom is 0 e. The van der Waals surface area contributed by atoms with Crippen molar-refractivity contribution in [3.63, 3.8) is 0 Å². The second-order valence-electron chi connectivity index (χ2n) is 13.3. The zero-order valence-electron chi connectivity index (χ0n) is 33.0. The molecule has 0 saturated carbocycles. The van der Waals surface area contributed by atoms with E-state index in [1.54, 1.807) is 11.3 Å². The normalized spacial score (nSPS) is 15.4. The number of thiophene rings is 1. The molecule has 8 rings (SSSR count). The number of nitrogens with zero attached hydrogens (tertiary/aromatic N) is 2. The molecule has 3 aromatic heterocycles. The maximum atomic E-state index is 7.95. The molecule has 4 aromatic carbocycles. The quantitative estimate of drug-likeness (QED) is 0.131. The predicted molar refractivity (Wildman–Crippen MR) is 205 cm³/mol. The number of hydrogen-bond donors (Lipinski definition) is 0. The SMILES string of the molecule is C[Si](C)(C)c1ccc(-c2[c-]cccc2)nc1.[2H]C([2H])([2H])c1cnc(-c2[c-]ccc3c2sc2[c]4c(ccc23)-c2cccc[c]2[Ge]4([CH3])[CH3])cc1C([2H])([2H])[2H].[Ir]. The van der Waals surface area contributed by atoms with Gasteiger partial charge in [-0.15, -0.1) is 35.9 Å². The van der Waals surface area contributed by atoms with Crippen LogP contribution in [0.4, 0.5) is 0 Å². The Labute approximate surface area is 308 Å². The van der Waals surface area contributed by atoms with E-state index < -0.39 is 35.0 Å². The standard InChI is InChI=1S/C27H22GeNS.C14H16NSi.Ir/c1-16-14-24(29-15-17(16)2)22-10-7-9-20-21-13-12-19-18-8-5-6-11-23(18)28(3,4)25(19)27(21)30-26(20)22;1-16(2,3)13-9-10-14(15-11-13)12-7-5-4-6-8-12;/h5-9,11-15H,1-4H3;4-7,9-11H,1-3H3;/q2*-1;/i1D3,2D3;;. The van der Waals surface area contributed by atoms with Gasteiger partial charge in [0.05, 0.1) is 8.07 Å². The van der Waals surface area contributed by atoms with E-state index >= 15 is 0 Å². The predicted octanol–water partition coefficient (Wildman–Crippen LogP) is 9.43. The molecule has 0 bridgehead atoms. The summed E-state index contributed by atoms with van der Waals surface area (Å²) in [6, 6.07) is 37.2. The van der Waals surface area contributed by atoms with Crippen LogP contribution in [0.2, 0.25) is 31.2 Å². The van der Waals surface area contributed by atoms with Crippen molar-refractivity contribution in [2.45, 2.75) is 44.9 Å². The molecular weight excluding hydrogens is 845 g/mol. The van der Waals surface area contributed by atoms with E-state index in [9.17, 15) is 0 Å². The molecule has 2 nitrogen and oxygen atoms in total. The third-order valence-electron chi connectivity index (χ3n) is 8.89. The van der Waals surface area contributed by atoms with E-state index in [4.69, 9.17) is 8.22 Å². The van der Waals surface area contributed by atoms with Crippen LogP contribution >= 0.6 is 11.3 Å². The molecule has 0 atom stereocenters. The average Bonchev–Trinajstić information content (AvgIpc) is 3.60. The van der Waals surface area contributed by atoms with Crippen LogP contribution < -0.4 is 14.0 Å². The fraction of sp³-hybridized carbons (Fsp3) is 0.171. The van der Waals surface area contributed by atoms with E-state index in [2.05, 4.69) is 102 Å². The molecule has 1 radical (unpaired) electrons. The molecule has 0 aliphatic carbocycles. The molecule has 0 saturated heterocycles. The Morgan fingerprint density at radius 2 is 1.49 bits per heavy atom. The minimum Gasteiger partial charge on any atom is 0 e. The number of fused-ring (bicyclic) bond motifs is 7. The van der Waals surface area contributed by atoms with E-state index in [0.717, 1.165) is 21.3 Å². The fourth-order valence-corrected chi connectivity index (χ4v) is 17.2. The van der Waals surface area contributed by atoms with Gasteiger partial charge >= 0.3 is 192 Å². The van der Waals surface area contributed by atoms with Gasteiger partial charge in [-0.3, -0.25) is 0 Å². The van der Waals surface area contributed by atoms with Crippen LogP contribution in [-0.4, -0.2) is 31.3 Å². The van der Waals surface area contributed by atoms with Gasteiger partial charge in [0.15, 0.2) is 0 Å². The van der Waals surface area contributed by atoms with E-state index in [1.165, 1.54) is 47.5 Å². The van der Waals surface area contributed by atoms with Crippen molar-refractivity contribution >= 4 is 66.8 Å². The van der Waals surface area contributed by atoms with Gasteiger partial charge in [-0.25, -0.2) is 0 Å². The van der Waals surface area contributed by atoms with Crippen molar-refractivity contribution in [3.8, 4) is 33.6 Å². The van der Waals surface area contributed by atoms with Crippen LogP contribution in [-0.2, 0) is 20.1 Å². The summed E-state index contributed by atoms with van der Waals surface area (Å²) in [6.45, 7) is 1.87. The van der Waals surface area contributed by atoms with Crippen LogP contribution in [0.25, 0.3) is 53.8 Å². The number of aromatic nitrogens is 2. The van der Waals surface area contributed by atoms with Gasteiger partial charge in [0.2, 0.25) is 0 Å². The largest absolute Gasteiger partial charge is 0 e. The molecular formula is C41H38GeIrN2SSi-2. The smallest absolute Gasteiger partial charge is 0 e. The molecule has 47 heavy (non-hydrogen) atoms. The van der Waals surface area contributed by atoms with Crippen molar-refractivity contribution in [1.82, 2.24) is 9.97 Å². The van der Waals surface area contributed by atoms with Gasteiger partial charge in [-0.05, 0) is 10.9 Å². The second-order valence-corrected chi connectivity index (χ2v) is 28.4. The van der Waals surface area contributed by atoms with Crippen LogP contribution in [0.5, 0.6) is 0 Å². The van der Waals surface area contributed by atoms with Crippen molar-refractivity contribution < 1.29 is 28.3 Å². The summed E-state index contributed by atoms with van der Waals surface area (Å²) in [5.74, 6) is 4.89. The zero-order valence-corrected chi connectivity index (χ0v) is 33.3. The van der Waals surface area contributed by atoms with Gasteiger partial charge < -0.3 is 4.98 Å². The Hall–Kier alpha value is -3.19. The van der Waals surface area contributed by atoms with Crippen LogP contribution in [0.15, 0.2) is 103 Å². The minimum atomic E-state index is -2.57. The summed E-state index contributed by atoms with van der Waals surface area (Å²) in [6.07, 6.45) is 3.21. The van der Waals surface area contributed by atoms with Crippen LogP contribution in [0.1, 0.15) is 19.4 Å². The summed E-state index contributed by atoms with van der Waals surface area (Å²) >= 11 is -0.827. The fourth-order valence-electron chi connectivity index (χ4n) is 6.38. The number of aryl methyl sites for hydroxylation is 2. The van der Waals surface area contributed by atoms with Gasteiger partial charge in [0.25, 0.3) is 0 Å². The average molecular weight is 890 g/mol. The summed E-state index contributed by atoms with van der Waals surface area (Å²) < 4.78 is 52.4. The van der Waals surface area contributed by atoms with Gasteiger partial charge in [-0.1, -0.05) is 31.8 Å². The molecule has 1 aliphatic heterocycles. The molecule has 0 unspecified atom stereocenters. The van der Waals surface area contributed by atoms with Gasteiger partial charge in [-0.2, -0.15) is 0 Å². The molecule has 4 heterocycles. The third kappa shape index (κ3) is 6.13. The molecule has 7 aromatic rings. The molecule has 1 aliphatic rings. The van der Waals surface area contributed by atoms with Gasteiger partial charge in [0, 0.05) is 26.3 Å². The first kappa shape index (κ1) is 26.7. The molecule has 0 amide bonds. The molecule has 0 spiro atoms. The second kappa shape index (κ2) is 13.0. The van der Waals surface area contributed by atoms with Gasteiger partial charge in [0.1, 0.15) is 0 Å². The molecule has 6 heteroatoms. The van der Waals surface area contributed by atoms with Crippen LogP contribution in [0, 0.1) is 25.8 Å². The Morgan fingerprint density at radius 3 is 2.21 bits per heavy atom. The molecule has 0 N–H and O–H groups in total. The maximum absolute atomic E-state index is 7.95. The van der Waals surface area contributed by atoms with Crippen molar-refractivity contribution in [1.29, 1.82) is 0 Å². The molecule has 237 valence electrons. The van der Waals surface area contributed by atoms with Crippen LogP contribution in [0.3, 0.4) is 0 Å². The Balaban J connectivity index is 0.000000238. The van der Waals surface area contributed by atoms with Crippen molar-refractivity contribution in [2.75, 3.05) is 0 Å². The topological polar surface area (TPSA) is 25.8 Å². The Bertz CT molecular complexity index is 2460. The zero-order chi connectivity index (χ0) is 37.2. The number of pyridine rings is 2. The van der Waals surface area contributed by atoms with Crippen molar-refractivity contribution in [3.05, 3.63) is 127 Å². The summed E-state index contributed by atoms with van der Waals surface area (Å²) in [4.78, 5) is 8.94. The Morgan fingerprint density at radius 1 is 0.723 bits per heavy atom. The van der Waals surface area contributed by atoms with E-state index in [0.29, 0.717) is 11.3 Å². The first-order valence-corrected chi connectivity index (χ1v) is 26.0. The summed E-state index contributed by atoms with van der Waals surface area (Å²) in [5.41, 5.74) is 5.43. The Kier molecular flexibility index (Phi) is 7.40. The number of rotatable bonds is 3. The first-order valence-electron chi connectivity index (χ1n) is 18.4. The molecule has 0 fully saturated rings. The first-order chi connectivity index (χ1) is 24.5. The number of hydrogen-bond acceptors (Lipinski definition) is 3. The summed E-state index contributed by atoms with van der Waals surface area (Å²) in [7, 11) is -1.23. The van der Waals surface area contributed by atoms with Crippen molar-refractivity contribution in [2.24, 2.45) is 0 Å². The monoisotopic (exact) mass is 891 g/mol. The van der Waals surface area contributed by atoms with E-state index in [1.807, 2.05) is 42.6 Å². The number of benzene rings is 4. The minimum absolute atomic E-state index is 0. The summed E-state index contributed by atoms with van der Waals surface area (Å²) in [5, 5.41) is 3.66.